The molecule has 0 bridgehead atoms. The number of thiazole rings is 1. The zero-order valence-corrected chi connectivity index (χ0v) is 12.4. The highest BCUT2D eigenvalue weighted by Crippen LogP contribution is 2.28. The van der Waals surface area contributed by atoms with Gasteiger partial charge in [0.25, 0.3) is 0 Å². The number of nitrogen functional groups attached to an aromatic ring is 1. The van der Waals surface area contributed by atoms with Crippen molar-refractivity contribution in [2.45, 2.75) is 19.5 Å². The molecule has 0 aliphatic carbocycles. The normalized spacial score (nSPS) is 13.2. The zero-order valence-electron chi connectivity index (χ0n) is 11.5. The van der Waals surface area contributed by atoms with Crippen LogP contribution in [0, 0.1) is 0 Å². The van der Waals surface area contributed by atoms with Crippen LogP contribution in [0.1, 0.15) is 23.6 Å². The Morgan fingerprint density at radius 2 is 2.20 bits per heavy atom. The maximum Gasteiger partial charge on any atom is 0.180 e. The average molecular weight is 287 g/mol. The van der Waals surface area contributed by atoms with Gasteiger partial charge in [-0.1, -0.05) is 18.2 Å². The molecule has 20 heavy (non-hydrogen) atoms. The summed E-state index contributed by atoms with van der Waals surface area (Å²) in [7, 11) is 2.08. The summed E-state index contributed by atoms with van der Waals surface area (Å²) in [5.41, 5.74) is 6.60. The topological polar surface area (TPSA) is 55.3 Å². The molecule has 0 aliphatic rings. The molecule has 0 saturated carbocycles. The number of rotatable bonds is 4. The molecular weight excluding hydrogens is 270 g/mol. The number of aromatic nitrogens is 1. The molecule has 2 aromatic heterocycles. The SMILES string of the molecule is CC(c1cc2ccccc2o1)N(C)Cc1cnc(N)s1. The molecule has 2 heterocycles. The summed E-state index contributed by atoms with van der Waals surface area (Å²) in [5.74, 6) is 0.978. The second kappa shape index (κ2) is 5.26. The highest BCUT2D eigenvalue weighted by atomic mass is 32.1. The summed E-state index contributed by atoms with van der Waals surface area (Å²) in [6, 6.07) is 10.4. The molecule has 104 valence electrons. The first kappa shape index (κ1) is 13.1. The monoisotopic (exact) mass is 287 g/mol. The summed E-state index contributed by atoms with van der Waals surface area (Å²) < 4.78 is 5.92. The van der Waals surface area contributed by atoms with Crippen molar-refractivity contribution in [3.63, 3.8) is 0 Å². The van der Waals surface area contributed by atoms with Crippen LogP contribution < -0.4 is 5.73 Å². The molecule has 1 unspecified atom stereocenters. The van der Waals surface area contributed by atoms with Gasteiger partial charge < -0.3 is 10.2 Å². The number of fused-ring (bicyclic) bond motifs is 1. The van der Waals surface area contributed by atoms with Gasteiger partial charge in [-0.3, -0.25) is 4.90 Å². The highest BCUT2D eigenvalue weighted by Gasteiger charge is 2.17. The van der Waals surface area contributed by atoms with Crippen molar-refractivity contribution in [1.82, 2.24) is 9.88 Å². The first-order valence-electron chi connectivity index (χ1n) is 6.52. The smallest absolute Gasteiger partial charge is 0.180 e. The average Bonchev–Trinajstić information content (AvgIpc) is 3.03. The van der Waals surface area contributed by atoms with Gasteiger partial charge in [-0.2, -0.15) is 0 Å². The van der Waals surface area contributed by atoms with Gasteiger partial charge in [0.05, 0.1) is 6.04 Å². The minimum Gasteiger partial charge on any atom is -0.459 e. The Morgan fingerprint density at radius 1 is 1.40 bits per heavy atom. The molecule has 3 rings (SSSR count). The van der Waals surface area contributed by atoms with Gasteiger partial charge in [-0.25, -0.2) is 4.98 Å². The Kier molecular flexibility index (Phi) is 3.46. The summed E-state index contributed by atoms with van der Waals surface area (Å²) >= 11 is 1.53. The minimum absolute atomic E-state index is 0.200. The molecule has 0 amide bonds. The van der Waals surface area contributed by atoms with Crippen LogP contribution >= 0.6 is 11.3 Å². The maximum atomic E-state index is 5.92. The number of para-hydroxylation sites is 1. The number of hydrogen-bond donors (Lipinski definition) is 1. The third-order valence-electron chi connectivity index (χ3n) is 3.49. The Labute approximate surface area is 121 Å². The third-order valence-corrected chi connectivity index (χ3v) is 4.31. The van der Waals surface area contributed by atoms with E-state index in [1.54, 1.807) is 0 Å². The molecule has 0 fully saturated rings. The third kappa shape index (κ3) is 2.55. The lowest BCUT2D eigenvalue weighted by Gasteiger charge is -2.21. The summed E-state index contributed by atoms with van der Waals surface area (Å²) in [5, 5.41) is 1.76. The van der Waals surface area contributed by atoms with E-state index >= 15 is 0 Å². The predicted molar refractivity (Wildman–Crippen MR) is 82.6 cm³/mol. The van der Waals surface area contributed by atoms with Crippen LogP contribution in [0.3, 0.4) is 0 Å². The van der Waals surface area contributed by atoms with Crippen molar-refractivity contribution in [3.8, 4) is 0 Å². The largest absolute Gasteiger partial charge is 0.459 e. The molecule has 0 saturated heterocycles. The van der Waals surface area contributed by atoms with Crippen LogP contribution in [-0.2, 0) is 6.54 Å². The van der Waals surface area contributed by atoms with Crippen molar-refractivity contribution >= 4 is 27.4 Å². The van der Waals surface area contributed by atoms with Crippen molar-refractivity contribution in [2.24, 2.45) is 0 Å². The summed E-state index contributed by atoms with van der Waals surface area (Å²) in [4.78, 5) is 7.47. The number of anilines is 1. The fourth-order valence-electron chi connectivity index (χ4n) is 2.20. The van der Waals surface area contributed by atoms with Crippen molar-refractivity contribution < 1.29 is 4.42 Å². The lowest BCUT2D eigenvalue weighted by atomic mass is 10.2. The van der Waals surface area contributed by atoms with Crippen molar-refractivity contribution in [1.29, 1.82) is 0 Å². The fourth-order valence-corrected chi connectivity index (χ4v) is 2.95. The molecule has 1 aromatic carbocycles. The Hall–Kier alpha value is -1.85. The van der Waals surface area contributed by atoms with Gasteiger partial charge in [0.1, 0.15) is 11.3 Å². The van der Waals surface area contributed by atoms with Gasteiger partial charge in [0.15, 0.2) is 5.13 Å². The predicted octanol–water partition coefficient (Wildman–Crippen LogP) is 3.66. The van der Waals surface area contributed by atoms with E-state index in [1.807, 2.05) is 24.4 Å². The number of hydrogen-bond acceptors (Lipinski definition) is 5. The highest BCUT2D eigenvalue weighted by molar-refractivity contribution is 7.15. The fraction of sp³-hybridized carbons (Fsp3) is 0.267. The molecular formula is C15H17N3OS. The Morgan fingerprint density at radius 3 is 2.90 bits per heavy atom. The lowest BCUT2D eigenvalue weighted by Crippen LogP contribution is -2.20. The van der Waals surface area contributed by atoms with Crippen LogP contribution in [0.15, 0.2) is 40.9 Å². The van der Waals surface area contributed by atoms with Gasteiger partial charge in [-0.15, -0.1) is 11.3 Å². The van der Waals surface area contributed by atoms with Gasteiger partial charge in [-0.05, 0) is 26.1 Å². The van der Waals surface area contributed by atoms with Gasteiger partial charge in [0, 0.05) is 23.0 Å². The van der Waals surface area contributed by atoms with E-state index < -0.39 is 0 Å². The van der Waals surface area contributed by atoms with E-state index in [0.717, 1.165) is 28.2 Å². The van der Waals surface area contributed by atoms with Gasteiger partial charge in [0.2, 0.25) is 0 Å². The standard InChI is InChI=1S/C15H17N3OS/c1-10(18(2)9-12-8-17-15(16)20-12)14-7-11-5-3-4-6-13(11)19-14/h3-8,10H,9H2,1-2H3,(H2,16,17). The molecule has 0 spiro atoms. The van der Waals surface area contributed by atoms with Gasteiger partial charge >= 0.3 is 0 Å². The van der Waals surface area contributed by atoms with Crippen molar-refractivity contribution in [2.75, 3.05) is 12.8 Å². The van der Waals surface area contributed by atoms with Crippen LogP contribution in [-0.4, -0.2) is 16.9 Å². The van der Waals surface area contributed by atoms with Crippen molar-refractivity contribution in [3.05, 3.63) is 47.2 Å². The number of furan rings is 1. The van der Waals surface area contributed by atoms with E-state index in [4.69, 9.17) is 10.2 Å². The van der Waals surface area contributed by atoms with Crippen LogP contribution in [0.25, 0.3) is 11.0 Å². The number of nitrogens with zero attached hydrogens (tertiary/aromatic N) is 2. The van der Waals surface area contributed by atoms with Crippen LogP contribution in [0.2, 0.25) is 0 Å². The molecule has 2 N–H and O–H groups in total. The van der Waals surface area contributed by atoms with Crippen LogP contribution in [0.5, 0.6) is 0 Å². The van der Waals surface area contributed by atoms with Crippen LogP contribution in [0.4, 0.5) is 5.13 Å². The molecule has 3 aromatic rings. The van der Waals surface area contributed by atoms with E-state index in [1.165, 1.54) is 11.3 Å². The molecule has 4 nitrogen and oxygen atoms in total. The van der Waals surface area contributed by atoms with E-state index in [2.05, 4.69) is 36.0 Å². The zero-order chi connectivity index (χ0) is 14.1. The summed E-state index contributed by atoms with van der Waals surface area (Å²) in [6.45, 7) is 2.95. The molecule has 5 heteroatoms. The summed E-state index contributed by atoms with van der Waals surface area (Å²) in [6.07, 6.45) is 1.84. The van der Waals surface area contributed by atoms with E-state index in [0.29, 0.717) is 5.13 Å². The minimum atomic E-state index is 0.200. The first-order chi connectivity index (χ1) is 9.63. The Bertz CT molecular complexity index is 686. The first-order valence-corrected chi connectivity index (χ1v) is 7.34. The second-order valence-electron chi connectivity index (χ2n) is 4.94. The number of benzene rings is 1. The maximum absolute atomic E-state index is 5.92. The van der Waals surface area contributed by atoms with E-state index in [9.17, 15) is 0 Å². The van der Waals surface area contributed by atoms with E-state index in [-0.39, 0.29) is 6.04 Å². The molecule has 0 radical (unpaired) electrons. The number of nitrogens with two attached hydrogens (primary N) is 1. The quantitative estimate of drug-likeness (QED) is 0.795. The Balaban J connectivity index is 1.78. The second-order valence-corrected chi connectivity index (χ2v) is 6.09. The lowest BCUT2D eigenvalue weighted by molar-refractivity contribution is 0.228. The molecule has 0 aliphatic heterocycles. The molecule has 1 atom stereocenters.